The summed E-state index contributed by atoms with van der Waals surface area (Å²) in [6.45, 7) is 7.16. The molecule has 18 heavy (non-hydrogen) atoms. The first kappa shape index (κ1) is 12.2. The van der Waals surface area contributed by atoms with Crippen LogP contribution < -0.4 is 0 Å². The van der Waals surface area contributed by atoms with E-state index in [1.54, 1.807) is 0 Å². The van der Waals surface area contributed by atoms with Crippen molar-refractivity contribution in [2.75, 3.05) is 19.6 Å². The predicted molar refractivity (Wildman–Crippen MR) is 71.5 cm³/mol. The third-order valence-corrected chi connectivity index (χ3v) is 4.36. The minimum atomic E-state index is 0.780. The molecule has 0 aromatic carbocycles. The highest BCUT2D eigenvalue weighted by molar-refractivity contribution is 5.00. The summed E-state index contributed by atoms with van der Waals surface area (Å²) in [5, 5.41) is 8.75. The van der Waals surface area contributed by atoms with Gasteiger partial charge in [-0.3, -0.25) is 0 Å². The van der Waals surface area contributed by atoms with Crippen molar-refractivity contribution in [1.82, 2.24) is 19.7 Å². The Morgan fingerprint density at radius 1 is 1.17 bits per heavy atom. The highest BCUT2D eigenvalue weighted by Gasteiger charge is 2.20. The Labute approximate surface area is 109 Å². The van der Waals surface area contributed by atoms with Gasteiger partial charge in [0, 0.05) is 25.9 Å². The van der Waals surface area contributed by atoms with E-state index in [2.05, 4.69) is 26.6 Å². The molecule has 0 aliphatic carbocycles. The summed E-state index contributed by atoms with van der Waals surface area (Å²) in [4.78, 5) is 2.58. The highest BCUT2D eigenvalue weighted by Crippen LogP contribution is 2.20. The third kappa shape index (κ3) is 2.58. The van der Waals surface area contributed by atoms with Crippen molar-refractivity contribution >= 4 is 0 Å². The molecule has 1 fully saturated rings. The maximum absolute atomic E-state index is 4.40. The molecule has 0 saturated carbocycles. The molecule has 1 unspecified atom stereocenters. The van der Waals surface area contributed by atoms with Crippen LogP contribution in [-0.4, -0.2) is 39.3 Å². The molecule has 100 valence electrons. The number of likely N-dealkylation sites (tertiary alicyclic amines) is 1. The number of piperidine rings is 1. The van der Waals surface area contributed by atoms with E-state index in [0.717, 1.165) is 31.8 Å². The first-order chi connectivity index (χ1) is 8.83. The van der Waals surface area contributed by atoms with Crippen LogP contribution in [0.15, 0.2) is 0 Å². The molecule has 1 saturated heterocycles. The van der Waals surface area contributed by atoms with Gasteiger partial charge in [-0.1, -0.05) is 13.3 Å². The van der Waals surface area contributed by atoms with Gasteiger partial charge in [0.25, 0.3) is 0 Å². The molecule has 0 radical (unpaired) electrons. The van der Waals surface area contributed by atoms with Crippen molar-refractivity contribution in [3.8, 4) is 0 Å². The van der Waals surface area contributed by atoms with Crippen molar-refractivity contribution in [3.05, 3.63) is 11.6 Å². The van der Waals surface area contributed by atoms with Gasteiger partial charge in [0.05, 0.1) is 0 Å². The highest BCUT2D eigenvalue weighted by atomic mass is 15.3. The summed E-state index contributed by atoms with van der Waals surface area (Å²) in [5.74, 6) is 3.20. The lowest BCUT2D eigenvalue weighted by Gasteiger charge is -2.26. The van der Waals surface area contributed by atoms with E-state index in [-0.39, 0.29) is 0 Å². The number of fused-ring (bicyclic) bond motifs is 1. The molecule has 1 atom stereocenters. The van der Waals surface area contributed by atoms with E-state index < -0.39 is 0 Å². The Kier molecular flexibility index (Phi) is 3.64. The normalized spacial score (nSPS) is 25.1. The fourth-order valence-electron chi connectivity index (χ4n) is 3.17. The standard InChI is InChI=1S/C14H24N4/c1-12-5-6-13-15-16-14(18(13)11-12)7-10-17-8-3-2-4-9-17/h12H,2-11H2,1H3. The summed E-state index contributed by atoms with van der Waals surface area (Å²) in [7, 11) is 0. The van der Waals surface area contributed by atoms with Crippen LogP contribution in [0.1, 0.15) is 44.3 Å². The van der Waals surface area contributed by atoms with E-state index >= 15 is 0 Å². The molecule has 2 aliphatic heterocycles. The van der Waals surface area contributed by atoms with Crippen LogP contribution in [0.4, 0.5) is 0 Å². The van der Waals surface area contributed by atoms with E-state index in [9.17, 15) is 0 Å². The van der Waals surface area contributed by atoms with Crippen molar-refractivity contribution in [2.45, 2.75) is 52.0 Å². The first-order valence-corrected chi connectivity index (χ1v) is 7.46. The zero-order chi connectivity index (χ0) is 12.4. The van der Waals surface area contributed by atoms with Crippen molar-refractivity contribution in [2.24, 2.45) is 5.92 Å². The van der Waals surface area contributed by atoms with Gasteiger partial charge in [0.2, 0.25) is 0 Å². The van der Waals surface area contributed by atoms with Gasteiger partial charge < -0.3 is 9.47 Å². The molecular weight excluding hydrogens is 224 g/mol. The van der Waals surface area contributed by atoms with Gasteiger partial charge in [-0.25, -0.2) is 0 Å². The van der Waals surface area contributed by atoms with Crippen LogP contribution in [0.3, 0.4) is 0 Å². The second kappa shape index (κ2) is 5.39. The number of nitrogens with zero attached hydrogens (tertiary/aromatic N) is 4. The summed E-state index contributed by atoms with van der Waals surface area (Å²) < 4.78 is 2.37. The maximum Gasteiger partial charge on any atom is 0.134 e. The van der Waals surface area contributed by atoms with Gasteiger partial charge in [-0.05, 0) is 38.3 Å². The second-order valence-electron chi connectivity index (χ2n) is 5.94. The molecule has 3 heterocycles. The molecule has 2 aliphatic rings. The Balaban J connectivity index is 1.61. The smallest absolute Gasteiger partial charge is 0.134 e. The Bertz CT molecular complexity index is 392. The zero-order valence-electron chi connectivity index (χ0n) is 11.4. The molecule has 4 heteroatoms. The average molecular weight is 248 g/mol. The molecule has 0 spiro atoms. The number of rotatable bonds is 3. The van der Waals surface area contributed by atoms with Gasteiger partial charge >= 0.3 is 0 Å². The van der Waals surface area contributed by atoms with Crippen LogP contribution in [0.2, 0.25) is 0 Å². The van der Waals surface area contributed by atoms with Crippen LogP contribution >= 0.6 is 0 Å². The van der Waals surface area contributed by atoms with Crippen LogP contribution in [0.5, 0.6) is 0 Å². The number of aromatic nitrogens is 3. The Hall–Kier alpha value is -0.900. The topological polar surface area (TPSA) is 34.0 Å². The number of hydrogen-bond donors (Lipinski definition) is 0. The maximum atomic E-state index is 4.40. The summed E-state index contributed by atoms with van der Waals surface area (Å²) in [6, 6.07) is 0. The SMILES string of the molecule is CC1CCc2nnc(CCN3CCCCC3)n2C1. The van der Waals surface area contributed by atoms with Crippen LogP contribution in [0, 0.1) is 5.92 Å². The minimum absolute atomic E-state index is 0.780. The minimum Gasteiger partial charge on any atom is -0.315 e. The summed E-state index contributed by atoms with van der Waals surface area (Å²) in [6.07, 6.45) is 7.60. The van der Waals surface area contributed by atoms with Crippen LogP contribution in [-0.2, 0) is 19.4 Å². The van der Waals surface area contributed by atoms with Gasteiger partial charge in [0.1, 0.15) is 11.6 Å². The lowest BCUT2D eigenvalue weighted by molar-refractivity contribution is 0.228. The third-order valence-electron chi connectivity index (χ3n) is 4.36. The molecule has 3 rings (SSSR count). The first-order valence-electron chi connectivity index (χ1n) is 7.46. The zero-order valence-corrected chi connectivity index (χ0v) is 11.4. The van der Waals surface area contributed by atoms with Crippen molar-refractivity contribution in [1.29, 1.82) is 0 Å². The average Bonchev–Trinajstić information content (AvgIpc) is 2.80. The predicted octanol–water partition coefficient (Wildman–Crippen LogP) is 1.89. The lowest BCUT2D eigenvalue weighted by Crippen LogP contribution is -2.32. The summed E-state index contributed by atoms with van der Waals surface area (Å²) >= 11 is 0. The fraction of sp³-hybridized carbons (Fsp3) is 0.857. The molecule has 0 N–H and O–H groups in total. The van der Waals surface area contributed by atoms with Gasteiger partial charge in [0.15, 0.2) is 0 Å². The molecule has 1 aromatic heterocycles. The molecule has 4 nitrogen and oxygen atoms in total. The fourth-order valence-corrected chi connectivity index (χ4v) is 3.17. The van der Waals surface area contributed by atoms with E-state index in [1.165, 1.54) is 50.4 Å². The van der Waals surface area contributed by atoms with E-state index in [1.807, 2.05) is 0 Å². The molecule has 0 bridgehead atoms. The van der Waals surface area contributed by atoms with Crippen LogP contribution in [0.25, 0.3) is 0 Å². The Morgan fingerprint density at radius 2 is 2.00 bits per heavy atom. The number of aryl methyl sites for hydroxylation is 1. The molecule has 0 amide bonds. The lowest BCUT2D eigenvalue weighted by atomic mass is 10.0. The van der Waals surface area contributed by atoms with Gasteiger partial charge in [-0.2, -0.15) is 0 Å². The summed E-state index contributed by atoms with van der Waals surface area (Å²) in [5.41, 5.74) is 0. The van der Waals surface area contributed by atoms with E-state index in [0.29, 0.717) is 0 Å². The van der Waals surface area contributed by atoms with Crippen molar-refractivity contribution < 1.29 is 0 Å². The largest absolute Gasteiger partial charge is 0.315 e. The van der Waals surface area contributed by atoms with Crippen molar-refractivity contribution in [3.63, 3.8) is 0 Å². The van der Waals surface area contributed by atoms with Gasteiger partial charge in [-0.15, -0.1) is 10.2 Å². The molecule has 1 aromatic rings. The second-order valence-corrected chi connectivity index (χ2v) is 5.94. The molecular formula is C14H24N4. The number of hydrogen-bond acceptors (Lipinski definition) is 3. The monoisotopic (exact) mass is 248 g/mol. The Morgan fingerprint density at radius 3 is 2.83 bits per heavy atom. The van der Waals surface area contributed by atoms with E-state index in [4.69, 9.17) is 0 Å². The quantitative estimate of drug-likeness (QED) is 0.819.